The van der Waals surface area contributed by atoms with Crippen molar-refractivity contribution in [1.82, 2.24) is 4.98 Å². The molecule has 0 amide bonds. The molecule has 1 aromatic heterocycles. The average Bonchev–Trinajstić information content (AvgIpc) is 2.01. The van der Waals surface area contributed by atoms with E-state index in [-0.39, 0.29) is 16.3 Å². The van der Waals surface area contributed by atoms with Crippen LogP contribution >= 0.6 is 10.7 Å². The van der Waals surface area contributed by atoms with E-state index < -0.39 is 9.05 Å². The van der Waals surface area contributed by atoms with Gasteiger partial charge in [-0.1, -0.05) is 0 Å². The Labute approximate surface area is 80.2 Å². The van der Waals surface area contributed by atoms with Crippen LogP contribution in [0.1, 0.15) is 11.4 Å². The van der Waals surface area contributed by atoms with Crippen LogP contribution in [0.2, 0.25) is 0 Å². The van der Waals surface area contributed by atoms with Gasteiger partial charge in [0.05, 0.1) is 5.69 Å². The molecule has 13 heavy (non-hydrogen) atoms. The Balaban J connectivity index is 3.40. The van der Waals surface area contributed by atoms with Gasteiger partial charge in [-0.3, -0.25) is 0 Å². The van der Waals surface area contributed by atoms with Gasteiger partial charge in [-0.15, -0.1) is 0 Å². The van der Waals surface area contributed by atoms with E-state index in [1.54, 1.807) is 6.07 Å². The second-order valence-corrected chi connectivity index (χ2v) is 4.86. The Hall–Kier alpha value is -1.12. The smallest absolute Gasteiger partial charge is 0.241 e. The Morgan fingerprint density at radius 1 is 1.54 bits per heavy atom. The zero-order valence-corrected chi connectivity index (χ0v) is 8.22. The number of pyridine rings is 1. The van der Waals surface area contributed by atoms with Crippen molar-refractivity contribution < 1.29 is 8.42 Å². The molecule has 1 rings (SSSR count). The first-order chi connectivity index (χ1) is 5.95. The van der Waals surface area contributed by atoms with Crippen molar-refractivity contribution in [1.29, 1.82) is 5.26 Å². The number of halogens is 1. The van der Waals surface area contributed by atoms with Crippen LogP contribution in [0, 0.1) is 18.3 Å². The fourth-order valence-corrected chi connectivity index (χ4v) is 1.99. The van der Waals surface area contributed by atoms with Gasteiger partial charge in [-0.2, -0.15) is 5.26 Å². The van der Waals surface area contributed by atoms with Crippen LogP contribution in [-0.2, 0) is 9.05 Å². The van der Waals surface area contributed by atoms with Crippen LogP contribution < -0.4 is 0 Å². The summed E-state index contributed by atoms with van der Waals surface area (Å²) < 4.78 is 21.8. The van der Waals surface area contributed by atoms with E-state index in [1.165, 1.54) is 19.1 Å². The fourth-order valence-electron chi connectivity index (χ4n) is 0.868. The molecule has 0 radical (unpaired) electrons. The minimum absolute atomic E-state index is 0.0619. The Morgan fingerprint density at radius 3 is 2.54 bits per heavy atom. The monoisotopic (exact) mass is 216 g/mol. The van der Waals surface area contributed by atoms with E-state index in [4.69, 9.17) is 15.9 Å². The largest absolute Gasteiger partial charge is 0.263 e. The molecule has 1 aromatic rings. The molecule has 0 spiro atoms. The highest BCUT2D eigenvalue weighted by molar-refractivity contribution is 8.13. The van der Waals surface area contributed by atoms with Crippen molar-refractivity contribution in [2.24, 2.45) is 0 Å². The Morgan fingerprint density at radius 2 is 2.15 bits per heavy atom. The topological polar surface area (TPSA) is 70.8 Å². The third kappa shape index (κ3) is 2.17. The molecule has 0 aromatic carbocycles. The van der Waals surface area contributed by atoms with Crippen LogP contribution in [0.25, 0.3) is 0 Å². The third-order valence-electron chi connectivity index (χ3n) is 1.41. The standard InChI is InChI=1S/C7H5ClN2O2S/c1-5-7(13(8,11)12)3-2-6(4-9)10-5/h2-3H,1H3. The molecule has 0 saturated heterocycles. The molecule has 6 heteroatoms. The minimum atomic E-state index is -3.76. The summed E-state index contributed by atoms with van der Waals surface area (Å²) in [5.41, 5.74) is 0.399. The summed E-state index contributed by atoms with van der Waals surface area (Å²) in [7, 11) is 1.35. The number of nitrogens with zero attached hydrogens (tertiary/aromatic N) is 2. The Kier molecular flexibility index (Phi) is 2.55. The molecule has 0 bridgehead atoms. The lowest BCUT2D eigenvalue weighted by atomic mass is 10.3. The van der Waals surface area contributed by atoms with Gasteiger partial charge in [-0.05, 0) is 19.1 Å². The van der Waals surface area contributed by atoms with E-state index in [1.807, 2.05) is 0 Å². The van der Waals surface area contributed by atoms with Crippen LogP contribution in [0.3, 0.4) is 0 Å². The molecule has 0 aliphatic heterocycles. The van der Waals surface area contributed by atoms with Crippen molar-refractivity contribution in [3.05, 3.63) is 23.5 Å². The van der Waals surface area contributed by atoms with Crippen molar-refractivity contribution >= 4 is 19.7 Å². The molecule has 0 atom stereocenters. The van der Waals surface area contributed by atoms with Crippen LogP contribution in [0.15, 0.2) is 17.0 Å². The lowest BCUT2D eigenvalue weighted by molar-refractivity contribution is 0.608. The van der Waals surface area contributed by atoms with Crippen molar-refractivity contribution in [3.63, 3.8) is 0 Å². The summed E-state index contributed by atoms with van der Waals surface area (Å²) in [6, 6.07) is 4.37. The first kappa shape index (κ1) is 9.96. The quantitative estimate of drug-likeness (QED) is 0.661. The highest BCUT2D eigenvalue weighted by Crippen LogP contribution is 2.17. The number of nitriles is 1. The van der Waals surface area contributed by atoms with E-state index in [0.29, 0.717) is 0 Å². The number of hydrogen-bond acceptors (Lipinski definition) is 4. The molecular formula is C7H5ClN2O2S. The number of rotatable bonds is 1. The van der Waals surface area contributed by atoms with Gasteiger partial charge in [0, 0.05) is 10.7 Å². The lowest BCUT2D eigenvalue weighted by Gasteiger charge is -1.99. The van der Waals surface area contributed by atoms with Gasteiger partial charge in [0.1, 0.15) is 16.7 Å². The van der Waals surface area contributed by atoms with E-state index in [0.717, 1.165) is 0 Å². The number of aromatic nitrogens is 1. The molecule has 68 valence electrons. The van der Waals surface area contributed by atoms with Crippen molar-refractivity contribution in [2.45, 2.75) is 11.8 Å². The SMILES string of the molecule is Cc1nc(C#N)ccc1S(=O)(=O)Cl. The lowest BCUT2D eigenvalue weighted by Crippen LogP contribution is -1.98. The molecule has 0 aliphatic rings. The molecule has 0 unspecified atom stereocenters. The molecule has 4 nitrogen and oxygen atoms in total. The van der Waals surface area contributed by atoms with Gasteiger partial charge in [0.2, 0.25) is 0 Å². The summed E-state index contributed by atoms with van der Waals surface area (Å²) in [6.45, 7) is 1.48. The highest BCUT2D eigenvalue weighted by atomic mass is 35.7. The summed E-state index contributed by atoms with van der Waals surface area (Å²) >= 11 is 0. The summed E-state index contributed by atoms with van der Waals surface area (Å²) in [5.74, 6) is 0. The summed E-state index contributed by atoms with van der Waals surface area (Å²) in [4.78, 5) is 3.67. The maximum Gasteiger partial charge on any atom is 0.263 e. The molecule has 0 fully saturated rings. The first-order valence-electron chi connectivity index (χ1n) is 3.27. The number of aryl methyl sites for hydroxylation is 1. The molecule has 1 heterocycles. The zero-order chi connectivity index (χ0) is 10.1. The molecule has 0 aliphatic carbocycles. The maximum atomic E-state index is 10.9. The van der Waals surface area contributed by atoms with E-state index >= 15 is 0 Å². The van der Waals surface area contributed by atoms with Gasteiger partial charge >= 0.3 is 0 Å². The highest BCUT2D eigenvalue weighted by Gasteiger charge is 2.14. The first-order valence-corrected chi connectivity index (χ1v) is 5.58. The normalized spacial score (nSPS) is 10.8. The summed E-state index contributed by atoms with van der Waals surface area (Å²) in [6.07, 6.45) is 0. The predicted octanol–water partition coefficient (Wildman–Crippen LogP) is 1.19. The van der Waals surface area contributed by atoms with Gasteiger partial charge < -0.3 is 0 Å². The maximum absolute atomic E-state index is 10.9. The van der Waals surface area contributed by atoms with E-state index in [2.05, 4.69) is 4.98 Å². The predicted molar refractivity (Wildman–Crippen MR) is 46.7 cm³/mol. The second-order valence-electron chi connectivity index (χ2n) is 2.33. The summed E-state index contributed by atoms with van der Waals surface area (Å²) in [5, 5.41) is 8.46. The van der Waals surface area contributed by atoms with Crippen LogP contribution in [0.5, 0.6) is 0 Å². The van der Waals surface area contributed by atoms with Crippen molar-refractivity contribution in [2.75, 3.05) is 0 Å². The fraction of sp³-hybridized carbons (Fsp3) is 0.143. The van der Waals surface area contributed by atoms with Gasteiger partial charge in [0.15, 0.2) is 0 Å². The number of hydrogen-bond donors (Lipinski definition) is 0. The van der Waals surface area contributed by atoms with Gasteiger partial charge in [0.25, 0.3) is 9.05 Å². The van der Waals surface area contributed by atoms with E-state index in [9.17, 15) is 8.42 Å². The van der Waals surface area contributed by atoms with Gasteiger partial charge in [-0.25, -0.2) is 13.4 Å². The van der Waals surface area contributed by atoms with Crippen LogP contribution in [0.4, 0.5) is 0 Å². The van der Waals surface area contributed by atoms with Crippen LogP contribution in [-0.4, -0.2) is 13.4 Å². The second kappa shape index (κ2) is 3.32. The third-order valence-corrected chi connectivity index (χ3v) is 2.87. The molecule has 0 saturated carbocycles. The van der Waals surface area contributed by atoms with Crippen molar-refractivity contribution in [3.8, 4) is 6.07 Å². The Bertz CT molecular complexity index is 476. The molecule has 0 N–H and O–H groups in total. The minimum Gasteiger partial charge on any atom is -0.241 e. The molecular weight excluding hydrogens is 212 g/mol. The zero-order valence-electron chi connectivity index (χ0n) is 6.65. The average molecular weight is 217 g/mol.